The molecule has 2 amide bonds. The molecule has 0 bridgehead atoms. The average molecular weight is 562 g/mol. The van der Waals surface area contributed by atoms with Crippen molar-refractivity contribution in [3.63, 3.8) is 0 Å². The van der Waals surface area contributed by atoms with Crippen molar-refractivity contribution < 1.29 is 42.6 Å². The number of aliphatic hydroxyl groups is 1. The van der Waals surface area contributed by atoms with E-state index in [9.17, 15) is 14.7 Å². The molecular formula is C30H53N3O6. The summed E-state index contributed by atoms with van der Waals surface area (Å²) >= 11 is 0. The van der Waals surface area contributed by atoms with E-state index in [1.54, 1.807) is 19.9 Å². The Morgan fingerprint density at radius 2 is 1.85 bits per heavy atom. The maximum absolute atomic E-state index is 13.0. The molecule has 0 saturated carbocycles. The smallest absolute Gasteiger partial charge is 0.224 e. The number of rotatable bonds is 19. The molecule has 39 heavy (non-hydrogen) atoms. The van der Waals surface area contributed by atoms with Crippen LogP contribution in [-0.4, -0.2) is 62.9 Å². The van der Waals surface area contributed by atoms with Crippen LogP contribution in [-0.2, 0) is 20.7 Å². The van der Waals surface area contributed by atoms with Crippen LogP contribution in [0.2, 0.25) is 0 Å². The van der Waals surface area contributed by atoms with Crippen molar-refractivity contribution in [2.45, 2.75) is 79.3 Å². The molecule has 9 heteroatoms. The van der Waals surface area contributed by atoms with Gasteiger partial charge in [-0.15, -0.1) is 0 Å². The van der Waals surface area contributed by atoms with E-state index < -0.39 is 74.5 Å². The highest BCUT2D eigenvalue weighted by Gasteiger charge is 2.32. The maximum atomic E-state index is 13.0. The largest absolute Gasteiger partial charge is 0.493 e. The van der Waals surface area contributed by atoms with Crippen molar-refractivity contribution in [2.24, 2.45) is 40.6 Å². The third-order valence-corrected chi connectivity index (χ3v) is 7.01. The zero-order chi connectivity index (χ0) is 38.3. The fraction of sp³-hybridized carbons (Fsp3) is 0.733. The van der Waals surface area contributed by atoms with Crippen LogP contribution in [0.4, 0.5) is 0 Å². The summed E-state index contributed by atoms with van der Waals surface area (Å²) in [5.41, 5.74) is 11.4. The number of nitrogens with one attached hydrogen (secondary N) is 1. The van der Waals surface area contributed by atoms with Crippen molar-refractivity contribution >= 4 is 11.8 Å². The predicted molar refractivity (Wildman–Crippen MR) is 155 cm³/mol. The van der Waals surface area contributed by atoms with E-state index in [0.29, 0.717) is 18.4 Å². The quantitative estimate of drug-likeness (QED) is 0.203. The van der Waals surface area contributed by atoms with Gasteiger partial charge in [0.15, 0.2) is 11.5 Å². The molecule has 0 aromatic heterocycles. The molecule has 1 aromatic rings. The van der Waals surface area contributed by atoms with Crippen molar-refractivity contribution in [1.82, 2.24) is 5.32 Å². The molecule has 9 nitrogen and oxygen atoms in total. The van der Waals surface area contributed by atoms with E-state index >= 15 is 0 Å². The fourth-order valence-electron chi connectivity index (χ4n) is 4.04. The highest BCUT2D eigenvalue weighted by atomic mass is 16.5. The number of carbonyl (C=O) groups excluding carboxylic acids is 2. The minimum atomic E-state index is -3.19. The van der Waals surface area contributed by atoms with Gasteiger partial charge < -0.3 is 36.1 Å². The first-order valence-electron chi connectivity index (χ1n) is 18.1. The number of ether oxygens (including phenoxy) is 3. The number of aliphatic hydroxyl groups excluding tert-OH is 1. The molecule has 0 saturated heterocycles. The van der Waals surface area contributed by atoms with Crippen molar-refractivity contribution in [3.05, 3.63) is 23.8 Å². The monoisotopic (exact) mass is 561 g/mol. The summed E-state index contributed by atoms with van der Waals surface area (Å²) in [6, 6.07) is 3.35. The summed E-state index contributed by atoms with van der Waals surface area (Å²) < 4.78 is 91.3. The van der Waals surface area contributed by atoms with Crippen LogP contribution < -0.4 is 26.3 Å². The predicted octanol–water partition coefficient (Wildman–Crippen LogP) is 3.29. The van der Waals surface area contributed by atoms with Crippen LogP contribution in [0.1, 0.15) is 80.0 Å². The molecule has 0 spiro atoms. The summed E-state index contributed by atoms with van der Waals surface area (Å²) in [5, 5.41) is 13.8. The molecule has 0 unspecified atom stereocenters. The summed E-state index contributed by atoms with van der Waals surface area (Å²) in [7, 11) is -5.95. The number of benzene rings is 1. The molecule has 224 valence electrons. The highest BCUT2D eigenvalue weighted by molar-refractivity contribution is 5.83. The lowest BCUT2D eigenvalue weighted by Gasteiger charge is -2.30. The number of hydrogen-bond acceptors (Lipinski definition) is 7. The summed E-state index contributed by atoms with van der Waals surface area (Å²) in [5.74, 6) is -2.65. The standard InChI is InChI=1S/C30H53N3O6/c1-19(2)22(14-21-10-11-26(38-8)27(15-21)39-13-9-12-37-7)16-24(31)25(34)17-23(20(3)4)28(35)33-18-30(5,6)29(32)36/h10-11,15,19-20,22-25,34H,9,12-14,16-18,31H2,1-8H3,(H2,32,36)(H,33,35)/t22-,23-,24-,25-/m0/s1/i7D3,8D3,9D2,13D2. The van der Waals surface area contributed by atoms with Gasteiger partial charge in [0.05, 0.1) is 36.1 Å². The first-order valence-corrected chi connectivity index (χ1v) is 13.1. The normalized spacial score (nSPS) is 20.3. The first kappa shape index (κ1) is 21.4. The van der Waals surface area contributed by atoms with Gasteiger partial charge >= 0.3 is 0 Å². The molecule has 0 heterocycles. The number of methoxy groups -OCH3 is 2. The van der Waals surface area contributed by atoms with Gasteiger partial charge in [-0.2, -0.15) is 0 Å². The van der Waals surface area contributed by atoms with Gasteiger partial charge in [0.2, 0.25) is 11.8 Å². The van der Waals surface area contributed by atoms with Crippen molar-refractivity contribution in [1.29, 1.82) is 0 Å². The Morgan fingerprint density at radius 1 is 1.13 bits per heavy atom. The summed E-state index contributed by atoms with van der Waals surface area (Å²) in [6.07, 6.45) is -3.38. The molecule has 0 radical (unpaired) electrons. The van der Waals surface area contributed by atoms with Crippen molar-refractivity contribution in [2.75, 3.05) is 33.8 Å². The Balaban J connectivity index is 3.23. The molecule has 6 N–H and O–H groups in total. The Hall–Kier alpha value is -2.36. The Kier molecular flexibility index (Phi) is 9.15. The molecule has 0 aliphatic heterocycles. The molecule has 1 aromatic carbocycles. The highest BCUT2D eigenvalue weighted by Crippen LogP contribution is 2.32. The Labute approximate surface area is 249 Å². The lowest BCUT2D eigenvalue weighted by Crippen LogP contribution is -2.46. The molecular weight excluding hydrogens is 498 g/mol. The van der Waals surface area contributed by atoms with Crippen LogP contribution in [0.25, 0.3) is 0 Å². The number of carbonyl (C=O) groups is 2. The zero-order valence-electron chi connectivity index (χ0n) is 33.9. The van der Waals surface area contributed by atoms with Crippen LogP contribution in [0.3, 0.4) is 0 Å². The number of primary amides is 1. The molecule has 0 aliphatic rings. The van der Waals surface area contributed by atoms with E-state index in [2.05, 4.69) is 10.1 Å². The maximum Gasteiger partial charge on any atom is 0.224 e. The van der Waals surface area contributed by atoms with Gasteiger partial charge in [-0.05, 0) is 68.6 Å². The van der Waals surface area contributed by atoms with E-state index in [1.165, 1.54) is 12.1 Å². The van der Waals surface area contributed by atoms with Gasteiger partial charge in [0.1, 0.15) is 0 Å². The lowest BCUT2D eigenvalue weighted by atomic mass is 9.80. The zero-order valence-corrected chi connectivity index (χ0v) is 23.9. The lowest BCUT2D eigenvalue weighted by molar-refractivity contribution is -0.130. The van der Waals surface area contributed by atoms with E-state index in [0.717, 1.165) is 0 Å². The topological polar surface area (TPSA) is 146 Å². The second kappa shape index (κ2) is 16.7. The average Bonchev–Trinajstić information content (AvgIpc) is 2.92. The molecule has 4 atom stereocenters. The fourth-order valence-corrected chi connectivity index (χ4v) is 4.04. The second-order valence-electron chi connectivity index (χ2n) is 11.3. The van der Waals surface area contributed by atoms with Crippen LogP contribution in [0.5, 0.6) is 11.5 Å². The van der Waals surface area contributed by atoms with Crippen LogP contribution in [0.15, 0.2) is 18.2 Å². The van der Waals surface area contributed by atoms with E-state index in [4.69, 9.17) is 34.6 Å². The molecule has 1 rings (SSSR count). The Morgan fingerprint density at radius 3 is 2.44 bits per heavy atom. The van der Waals surface area contributed by atoms with Gasteiger partial charge in [-0.25, -0.2) is 0 Å². The minimum absolute atomic E-state index is 0.0127. The van der Waals surface area contributed by atoms with Crippen LogP contribution >= 0.6 is 0 Å². The number of amides is 2. The number of hydrogen-bond donors (Lipinski definition) is 4. The minimum Gasteiger partial charge on any atom is -0.493 e. The third kappa shape index (κ3) is 11.7. The molecule has 0 aliphatic carbocycles. The van der Waals surface area contributed by atoms with Gasteiger partial charge in [-0.1, -0.05) is 33.8 Å². The summed E-state index contributed by atoms with van der Waals surface area (Å²) in [6.45, 7) is 6.45. The molecule has 0 fully saturated rings. The second-order valence-corrected chi connectivity index (χ2v) is 11.3. The SMILES string of the molecule is [2H]C([2H])([2H])OCC([2H])([2H])C([2H])([2H])Oc1cc(C[C@@H](C[C@H](N)[C@@H](O)C[C@H](C(=O)NCC(C)(C)C(N)=O)C(C)C)C(C)C)ccc1OC([2H])([2H])[2H]. The number of nitrogens with two attached hydrogens (primary N) is 2. The van der Waals surface area contributed by atoms with Gasteiger partial charge in [-0.3, -0.25) is 9.59 Å². The van der Waals surface area contributed by atoms with Gasteiger partial charge in [0, 0.05) is 41.3 Å². The van der Waals surface area contributed by atoms with E-state index in [1.807, 2.05) is 27.7 Å². The van der Waals surface area contributed by atoms with Crippen molar-refractivity contribution in [3.8, 4) is 11.5 Å². The third-order valence-electron chi connectivity index (χ3n) is 7.01. The van der Waals surface area contributed by atoms with Gasteiger partial charge in [0.25, 0.3) is 0 Å². The van der Waals surface area contributed by atoms with E-state index in [-0.39, 0.29) is 36.6 Å². The Bertz CT molecular complexity index is 1240. The summed E-state index contributed by atoms with van der Waals surface area (Å²) in [4.78, 5) is 24.7. The van der Waals surface area contributed by atoms with Crippen LogP contribution in [0, 0.1) is 29.1 Å². The first-order chi connectivity index (χ1) is 22.0.